The topological polar surface area (TPSA) is 162 Å². The van der Waals surface area contributed by atoms with Crippen molar-refractivity contribution in [1.29, 1.82) is 0 Å². The molecule has 4 aliphatic rings. The molecule has 4 amide bonds. The minimum atomic E-state index is -2.11. The summed E-state index contributed by atoms with van der Waals surface area (Å²) in [6, 6.07) is 17.3. The van der Waals surface area contributed by atoms with Gasteiger partial charge in [0.25, 0.3) is 11.8 Å². The van der Waals surface area contributed by atoms with Gasteiger partial charge >= 0.3 is 5.97 Å². The first-order valence-corrected chi connectivity index (χ1v) is 17.1. The van der Waals surface area contributed by atoms with E-state index in [-0.39, 0.29) is 41.9 Å². The monoisotopic (exact) mass is 768 g/mol. The van der Waals surface area contributed by atoms with Crippen LogP contribution in [0.15, 0.2) is 78.4 Å². The van der Waals surface area contributed by atoms with Crippen LogP contribution < -0.4 is 9.64 Å². The zero-order valence-electron chi connectivity index (χ0n) is 25.4. The number of phenols is 2. The normalized spacial score (nSPS) is 29.0. The number of carbonyl (C=O) groups is 5. The smallest absolute Gasteiger partial charge is 0.339 e. The Bertz CT molecular complexity index is 1990. The van der Waals surface area contributed by atoms with E-state index in [1.807, 2.05) is 30.3 Å². The Morgan fingerprint density at radius 3 is 2.31 bits per heavy atom. The molecule has 3 aromatic carbocycles. The molecule has 11 nitrogen and oxygen atoms in total. The maximum atomic E-state index is 14.2. The van der Waals surface area contributed by atoms with Crippen LogP contribution in [0.2, 0.25) is 0 Å². The molecule has 14 heteroatoms. The van der Waals surface area contributed by atoms with Crippen LogP contribution >= 0.6 is 39.1 Å². The minimum Gasteiger partial charge on any atom is -0.508 e. The molecular weight excluding hydrogens is 743 g/mol. The summed E-state index contributed by atoms with van der Waals surface area (Å²) in [6.07, 6.45) is 1.54. The molecule has 0 aromatic heterocycles. The van der Waals surface area contributed by atoms with E-state index in [9.17, 15) is 39.3 Å². The number of halogens is 3. The summed E-state index contributed by atoms with van der Waals surface area (Å²) in [5.74, 6) is -8.69. The average Bonchev–Trinajstić information content (AvgIpc) is 3.41. The summed E-state index contributed by atoms with van der Waals surface area (Å²) in [4.78, 5) is 64.9. The van der Waals surface area contributed by atoms with E-state index in [4.69, 9.17) is 27.9 Å². The number of fused-ring (bicyclic) bond motifs is 4. The lowest BCUT2D eigenvalue weighted by Crippen LogP contribution is -2.60. The number of hydrogen-bond donors (Lipinski definition) is 3. The fourth-order valence-electron chi connectivity index (χ4n) is 7.79. The van der Waals surface area contributed by atoms with Crippen molar-refractivity contribution in [3.8, 4) is 17.2 Å². The number of allylic oxidation sites excluding steroid dienone is 2. The van der Waals surface area contributed by atoms with Gasteiger partial charge in [-0.15, -0.1) is 23.2 Å². The molecule has 0 bridgehead atoms. The number of carboxylic acid groups (broad SMARTS) is 1. The number of amides is 4. The van der Waals surface area contributed by atoms with Crippen LogP contribution in [-0.4, -0.2) is 65.0 Å². The van der Waals surface area contributed by atoms with Gasteiger partial charge in [-0.2, -0.15) is 0 Å². The standard InChI is InChI=1S/C35H27BrCl2N2O9/c36-16-39-32(47)34(37)14-24-20(10-11-23-27(24)30(44)40(29(23)43)18-6-8-22(31(45)46)25(41)12-18)28(35(34,38)33(39)48)21-9-7-19(13-26(21)42)49-15-17-4-2-1-3-5-17/h1-10,12-13,23-24,27-28,41-42H,11,14-16H2,(H,45,46)/t23-,24+,27-,28+,34+,35-/m0/s1. The quantitative estimate of drug-likeness (QED) is 0.126. The van der Waals surface area contributed by atoms with Crippen molar-refractivity contribution >= 4 is 74.4 Å². The number of alkyl halides is 3. The second kappa shape index (κ2) is 11.9. The number of nitrogens with zero attached hydrogens (tertiary/aromatic N) is 2. The number of carboxylic acids is 1. The lowest BCUT2D eigenvalue weighted by molar-refractivity contribution is -0.138. The Morgan fingerprint density at radius 2 is 1.65 bits per heavy atom. The van der Waals surface area contributed by atoms with Gasteiger partial charge in [0.1, 0.15) is 29.4 Å². The number of aromatic hydroxyl groups is 2. The van der Waals surface area contributed by atoms with Gasteiger partial charge in [-0.3, -0.25) is 24.1 Å². The maximum absolute atomic E-state index is 14.2. The number of aromatic carboxylic acids is 1. The van der Waals surface area contributed by atoms with Crippen molar-refractivity contribution in [2.75, 3.05) is 10.4 Å². The fourth-order valence-corrected chi connectivity index (χ4v) is 9.21. The van der Waals surface area contributed by atoms with Gasteiger partial charge in [0.15, 0.2) is 9.75 Å². The van der Waals surface area contributed by atoms with Gasteiger partial charge < -0.3 is 20.1 Å². The highest BCUT2D eigenvalue weighted by atomic mass is 79.9. The molecule has 3 fully saturated rings. The zero-order valence-corrected chi connectivity index (χ0v) is 28.5. The molecule has 1 saturated carbocycles. The van der Waals surface area contributed by atoms with Gasteiger partial charge in [-0.1, -0.05) is 64.0 Å². The van der Waals surface area contributed by atoms with E-state index in [0.717, 1.165) is 27.5 Å². The van der Waals surface area contributed by atoms with Crippen molar-refractivity contribution < 1.29 is 44.0 Å². The summed E-state index contributed by atoms with van der Waals surface area (Å²) >= 11 is 17.7. The number of benzene rings is 3. The molecule has 0 unspecified atom stereocenters. The first-order valence-electron chi connectivity index (χ1n) is 15.3. The summed E-state index contributed by atoms with van der Waals surface area (Å²) in [7, 11) is 0. The minimum absolute atomic E-state index is 0.0191. The number of ether oxygens (including phenoxy) is 1. The molecule has 6 atom stereocenters. The van der Waals surface area contributed by atoms with Crippen molar-refractivity contribution in [3.63, 3.8) is 0 Å². The lowest BCUT2D eigenvalue weighted by atomic mass is 9.56. The predicted molar refractivity (Wildman–Crippen MR) is 180 cm³/mol. The number of likely N-dealkylation sites (tertiary alicyclic amines) is 1. The van der Waals surface area contributed by atoms with Crippen molar-refractivity contribution in [1.82, 2.24) is 4.90 Å². The first kappa shape index (κ1) is 33.1. The maximum Gasteiger partial charge on any atom is 0.339 e. The van der Waals surface area contributed by atoms with Gasteiger partial charge in [0.2, 0.25) is 11.8 Å². The van der Waals surface area contributed by atoms with Crippen LogP contribution in [0.4, 0.5) is 5.69 Å². The highest BCUT2D eigenvalue weighted by Gasteiger charge is 2.76. The lowest BCUT2D eigenvalue weighted by Gasteiger charge is -2.50. The molecule has 252 valence electrons. The molecule has 0 radical (unpaired) electrons. The van der Waals surface area contributed by atoms with Gasteiger partial charge in [-0.05, 0) is 42.5 Å². The Kier molecular flexibility index (Phi) is 8.04. The van der Waals surface area contributed by atoms with Crippen molar-refractivity contribution in [3.05, 3.63) is 95.1 Å². The molecule has 2 saturated heterocycles. The van der Waals surface area contributed by atoms with Crippen LogP contribution in [0.25, 0.3) is 0 Å². The Balaban J connectivity index is 1.30. The van der Waals surface area contributed by atoms with E-state index < -0.39 is 74.3 Å². The predicted octanol–water partition coefficient (Wildman–Crippen LogP) is 5.29. The molecule has 49 heavy (non-hydrogen) atoms. The SMILES string of the molecule is O=C(O)c1ccc(N2C(=O)[C@H]3[C@H](CC=C4[C@H]3C[C@@]3(Cl)C(=O)N(CBr)C(=O)[C@@]3(Cl)[C@H]4c3ccc(OCc4ccccc4)cc3O)C2=O)cc1O. The summed E-state index contributed by atoms with van der Waals surface area (Å²) in [5.41, 5.74) is 0.938. The molecule has 2 aliphatic carbocycles. The number of phenolic OH excluding ortho intramolecular Hbond substituents is 1. The van der Waals surface area contributed by atoms with Crippen molar-refractivity contribution in [2.24, 2.45) is 17.8 Å². The van der Waals surface area contributed by atoms with Crippen molar-refractivity contribution in [2.45, 2.75) is 35.1 Å². The largest absolute Gasteiger partial charge is 0.508 e. The Hall–Kier alpha value is -4.39. The third-order valence-electron chi connectivity index (χ3n) is 10.0. The molecular formula is C35H27BrCl2N2O9. The Morgan fingerprint density at radius 1 is 0.918 bits per heavy atom. The third kappa shape index (κ3) is 4.79. The number of hydrogen-bond acceptors (Lipinski definition) is 8. The molecule has 7 rings (SSSR count). The van der Waals surface area contributed by atoms with E-state index in [1.165, 1.54) is 12.1 Å². The number of carbonyl (C=O) groups excluding carboxylic acids is 4. The van der Waals surface area contributed by atoms with Crippen LogP contribution in [0, 0.1) is 17.8 Å². The molecule has 0 spiro atoms. The molecule has 3 aromatic rings. The highest BCUT2D eigenvalue weighted by molar-refractivity contribution is 9.09. The fraction of sp³-hybridized carbons (Fsp3) is 0.286. The summed E-state index contributed by atoms with van der Waals surface area (Å²) < 4.78 is 5.88. The van der Waals surface area contributed by atoms with Gasteiger partial charge in [0, 0.05) is 23.6 Å². The Labute approximate surface area is 297 Å². The molecule has 3 N–H and O–H groups in total. The third-order valence-corrected chi connectivity index (χ3v) is 12.0. The van der Waals surface area contributed by atoms with E-state index in [1.54, 1.807) is 18.2 Å². The summed E-state index contributed by atoms with van der Waals surface area (Å²) in [6.45, 7) is 0.222. The molecule has 2 heterocycles. The van der Waals surface area contributed by atoms with Gasteiger partial charge in [0.05, 0.1) is 23.0 Å². The number of rotatable bonds is 7. The number of anilines is 1. The second-order valence-corrected chi connectivity index (χ2v) is 14.2. The van der Waals surface area contributed by atoms with Crippen LogP contribution in [-0.2, 0) is 25.8 Å². The van der Waals surface area contributed by atoms with E-state index >= 15 is 0 Å². The van der Waals surface area contributed by atoms with E-state index in [2.05, 4.69) is 15.9 Å². The van der Waals surface area contributed by atoms with Crippen LogP contribution in [0.3, 0.4) is 0 Å². The number of imide groups is 2. The highest BCUT2D eigenvalue weighted by Crippen LogP contribution is 2.66. The second-order valence-electron chi connectivity index (χ2n) is 12.5. The molecule has 2 aliphatic heterocycles. The van der Waals surface area contributed by atoms with Crippen LogP contribution in [0.1, 0.15) is 40.2 Å². The van der Waals surface area contributed by atoms with Gasteiger partial charge in [-0.25, -0.2) is 9.69 Å². The summed E-state index contributed by atoms with van der Waals surface area (Å²) in [5, 5.41) is 31.1. The first-order chi connectivity index (χ1) is 23.3. The average molecular weight is 770 g/mol. The van der Waals surface area contributed by atoms with E-state index in [0.29, 0.717) is 11.3 Å². The van der Waals surface area contributed by atoms with Crippen LogP contribution in [0.5, 0.6) is 17.2 Å². The zero-order chi connectivity index (χ0) is 35.0.